The van der Waals surface area contributed by atoms with Crippen LogP contribution in [0.25, 0.3) is 11.0 Å². The first kappa shape index (κ1) is 23.4. The van der Waals surface area contributed by atoms with Gasteiger partial charge in [0.1, 0.15) is 17.3 Å². The molecule has 33 heavy (non-hydrogen) atoms. The summed E-state index contributed by atoms with van der Waals surface area (Å²) < 4.78 is 2.57. The monoisotopic (exact) mass is 508 g/mol. The number of aromatic nitrogens is 3. The topological polar surface area (TPSA) is 78.0 Å². The van der Waals surface area contributed by atoms with Crippen LogP contribution in [0, 0.1) is 11.3 Å². The van der Waals surface area contributed by atoms with Gasteiger partial charge in [0, 0.05) is 42.7 Å². The summed E-state index contributed by atoms with van der Waals surface area (Å²) >= 11 is 3.54. The number of aryl methyl sites for hydroxylation is 1. The number of rotatable bonds is 5. The molecular formula is C25H29BrN6O. The molecule has 1 aromatic carbocycles. The molecule has 1 aliphatic rings. The van der Waals surface area contributed by atoms with Crippen molar-refractivity contribution >= 4 is 32.8 Å². The fourth-order valence-corrected chi connectivity index (χ4v) is 5.19. The van der Waals surface area contributed by atoms with Crippen LogP contribution in [-0.4, -0.2) is 44.6 Å². The van der Waals surface area contributed by atoms with Gasteiger partial charge in [-0.3, -0.25) is 9.47 Å². The minimum absolute atomic E-state index is 0.132. The van der Waals surface area contributed by atoms with E-state index in [2.05, 4.69) is 86.8 Å². The third-order valence-corrected chi connectivity index (χ3v) is 7.25. The largest absolute Gasteiger partial charge is 0.349 e. The first-order valence-electron chi connectivity index (χ1n) is 11.4. The van der Waals surface area contributed by atoms with Gasteiger partial charge in [0.05, 0.1) is 5.52 Å². The van der Waals surface area contributed by atoms with Gasteiger partial charge in [-0.1, -0.05) is 41.9 Å². The SMILES string of the molecule is CCC(c1ccc(Br)cc1)N1C[C@H](C)N(c2nc(=O)n(C)c3ccc(C#N)nc23)C[C@H]1CC. The summed E-state index contributed by atoms with van der Waals surface area (Å²) in [6.45, 7) is 8.22. The zero-order valence-corrected chi connectivity index (χ0v) is 21.1. The van der Waals surface area contributed by atoms with Crippen molar-refractivity contribution in [2.24, 2.45) is 7.05 Å². The molecule has 1 aliphatic heterocycles. The minimum Gasteiger partial charge on any atom is -0.349 e. The Morgan fingerprint density at radius 3 is 2.52 bits per heavy atom. The molecule has 0 spiro atoms. The molecule has 3 atom stereocenters. The number of piperazine rings is 1. The lowest BCUT2D eigenvalue weighted by atomic mass is 9.96. The first-order chi connectivity index (χ1) is 15.9. The van der Waals surface area contributed by atoms with Crippen LogP contribution in [0.4, 0.5) is 5.82 Å². The summed E-state index contributed by atoms with van der Waals surface area (Å²) in [4.78, 5) is 26.4. The molecular weight excluding hydrogens is 480 g/mol. The number of pyridine rings is 1. The lowest BCUT2D eigenvalue weighted by Gasteiger charge is -2.49. The molecule has 0 bridgehead atoms. The van der Waals surface area contributed by atoms with Crippen molar-refractivity contribution in [2.45, 2.75) is 51.7 Å². The van der Waals surface area contributed by atoms with Crippen molar-refractivity contribution in [1.82, 2.24) is 19.4 Å². The van der Waals surface area contributed by atoms with E-state index in [9.17, 15) is 10.1 Å². The van der Waals surface area contributed by atoms with E-state index >= 15 is 0 Å². The van der Waals surface area contributed by atoms with Gasteiger partial charge in [0.15, 0.2) is 5.82 Å². The lowest BCUT2D eigenvalue weighted by Crippen LogP contribution is -2.58. The van der Waals surface area contributed by atoms with E-state index in [4.69, 9.17) is 0 Å². The zero-order valence-electron chi connectivity index (χ0n) is 19.5. The summed E-state index contributed by atoms with van der Waals surface area (Å²) in [5.41, 5.74) is 2.62. The summed E-state index contributed by atoms with van der Waals surface area (Å²) in [6, 6.07) is 14.9. The van der Waals surface area contributed by atoms with Gasteiger partial charge in [-0.15, -0.1) is 0 Å². The Labute approximate surface area is 202 Å². The van der Waals surface area contributed by atoms with Crippen molar-refractivity contribution in [3.05, 3.63) is 62.6 Å². The Hall–Kier alpha value is -2.76. The number of anilines is 1. The van der Waals surface area contributed by atoms with Crippen molar-refractivity contribution in [3.63, 3.8) is 0 Å². The van der Waals surface area contributed by atoms with Crippen LogP contribution in [-0.2, 0) is 7.05 Å². The maximum atomic E-state index is 12.7. The molecule has 0 saturated carbocycles. The number of halogens is 1. The molecule has 4 rings (SSSR count). The fourth-order valence-electron chi connectivity index (χ4n) is 4.92. The molecule has 2 aromatic heterocycles. The highest BCUT2D eigenvalue weighted by Gasteiger charge is 2.36. The van der Waals surface area contributed by atoms with E-state index in [1.807, 2.05) is 0 Å². The second-order valence-electron chi connectivity index (χ2n) is 8.69. The van der Waals surface area contributed by atoms with Crippen LogP contribution in [0.1, 0.15) is 50.9 Å². The fraction of sp³-hybridized carbons (Fsp3) is 0.440. The highest BCUT2D eigenvalue weighted by atomic mass is 79.9. The number of nitriles is 1. The Morgan fingerprint density at radius 1 is 1.15 bits per heavy atom. The van der Waals surface area contributed by atoms with Crippen molar-refractivity contribution in [2.75, 3.05) is 18.0 Å². The van der Waals surface area contributed by atoms with Gasteiger partial charge in [0.25, 0.3) is 0 Å². The number of nitrogens with zero attached hydrogens (tertiary/aromatic N) is 6. The Kier molecular flexibility index (Phi) is 6.82. The normalized spacial score (nSPS) is 20.1. The smallest absolute Gasteiger partial charge is 0.349 e. The molecule has 3 heterocycles. The molecule has 0 aliphatic carbocycles. The van der Waals surface area contributed by atoms with Crippen LogP contribution in [0.3, 0.4) is 0 Å². The van der Waals surface area contributed by atoms with Crippen molar-refractivity contribution < 1.29 is 0 Å². The van der Waals surface area contributed by atoms with Crippen molar-refractivity contribution in [1.29, 1.82) is 5.26 Å². The Morgan fingerprint density at radius 2 is 1.88 bits per heavy atom. The predicted molar refractivity (Wildman–Crippen MR) is 134 cm³/mol. The molecule has 0 N–H and O–H groups in total. The van der Waals surface area contributed by atoms with Gasteiger partial charge in [0.2, 0.25) is 0 Å². The van der Waals surface area contributed by atoms with Crippen LogP contribution >= 0.6 is 15.9 Å². The number of hydrogen-bond donors (Lipinski definition) is 0. The average molecular weight is 509 g/mol. The van der Waals surface area contributed by atoms with E-state index in [0.717, 1.165) is 30.4 Å². The van der Waals surface area contributed by atoms with Gasteiger partial charge >= 0.3 is 5.69 Å². The lowest BCUT2D eigenvalue weighted by molar-refractivity contribution is 0.0939. The van der Waals surface area contributed by atoms with Gasteiger partial charge in [-0.25, -0.2) is 9.78 Å². The summed E-state index contributed by atoms with van der Waals surface area (Å²) in [7, 11) is 1.69. The molecule has 172 valence electrons. The van der Waals surface area contributed by atoms with Crippen LogP contribution in [0.2, 0.25) is 0 Å². The second kappa shape index (κ2) is 9.62. The zero-order chi connectivity index (χ0) is 23.7. The molecule has 0 radical (unpaired) electrons. The molecule has 7 nitrogen and oxygen atoms in total. The molecule has 8 heteroatoms. The minimum atomic E-state index is -0.312. The Bertz CT molecular complexity index is 1250. The standard InChI is InChI=1S/C25H29BrN6O/c1-5-20-15-31(16(3)14-32(20)21(6-2)17-7-9-18(26)10-8-17)24-23-22(30(4)25(33)29-24)12-11-19(13-27)28-23/h7-12,16,20-21H,5-6,14-15H2,1-4H3/t16-,20+,21?/m0/s1. The summed E-state index contributed by atoms with van der Waals surface area (Å²) in [6.07, 6.45) is 2.00. The third-order valence-electron chi connectivity index (χ3n) is 6.72. The second-order valence-corrected chi connectivity index (χ2v) is 9.60. The van der Waals surface area contributed by atoms with Gasteiger partial charge in [-0.05, 0) is 49.6 Å². The Balaban J connectivity index is 1.73. The van der Waals surface area contributed by atoms with Crippen molar-refractivity contribution in [3.8, 4) is 6.07 Å². The maximum Gasteiger partial charge on any atom is 0.349 e. The van der Waals surface area contributed by atoms with E-state index in [-0.39, 0.29) is 11.7 Å². The van der Waals surface area contributed by atoms with Gasteiger partial charge < -0.3 is 4.90 Å². The molecule has 0 amide bonds. The molecule has 3 aromatic rings. The number of fused-ring (bicyclic) bond motifs is 1. The van der Waals surface area contributed by atoms with E-state index in [0.29, 0.717) is 34.6 Å². The highest BCUT2D eigenvalue weighted by molar-refractivity contribution is 9.10. The molecule has 1 unspecified atom stereocenters. The quantitative estimate of drug-likeness (QED) is 0.508. The number of hydrogen-bond acceptors (Lipinski definition) is 6. The van der Waals surface area contributed by atoms with Crippen LogP contribution in [0.5, 0.6) is 0 Å². The molecule has 1 saturated heterocycles. The molecule has 1 fully saturated rings. The summed E-state index contributed by atoms with van der Waals surface area (Å²) in [5, 5.41) is 9.38. The maximum absolute atomic E-state index is 12.7. The van der Waals surface area contributed by atoms with Gasteiger partial charge in [-0.2, -0.15) is 10.2 Å². The third kappa shape index (κ3) is 4.40. The number of benzene rings is 1. The van der Waals surface area contributed by atoms with E-state index in [1.165, 1.54) is 10.1 Å². The average Bonchev–Trinajstić information content (AvgIpc) is 2.83. The van der Waals surface area contributed by atoms with Crippen LogP contribution < -0.4 is 10.6 Å². The highest BCUT2D eigenvalue weighted by Crippen LogP contribution is 2.34. The predicted octanol–water partition coefficient (Wildman–Crippen LogP) is 4.40. The first-order valence-corrected chi connectivity index (χ1v) is 12.2. The van der Waals surface area contributed by atoms with E-state index < -0.39 is 0 Å². The summed E-state index contributed by atoms with van der Waals surface area (Å²) in [5.74, 6) is 0.576. The van der Waals surface area contributed by atoms with E-state index in [1.54, 1.807) is 19.2 Å². The van der Waals surface area contributed by atoms with Crippen LogP contribution in [0.15, 0.2) is 45.7 Å².